The van der Waals surface area contributed by atoms with Crippen molar-refractivity contribution in [1.29, 1.82) is 0 Å². The van der Waals surface area contributed by atoms with Gasteiger partial charge in [-0.3, -0.25) is 4.79 Å². The van der Waals surface area contributed by atoms with Crippen molar-refractivity contribution in [3.63, 3.8) is 0 Å². The maximum absolute atomic E-state index is 12.0. The molecule has 31 heavy (non-hydrogen) atoms. The van der Waals surface area contributed by atoms with Gasteiger partial charge in [0, 0.05) is 11.1 Å². The summed E-state index contributed by atoms with van der Waals surface area (Å²) in [7, 11) is 0. The predicted octanol–water partition coefficient (Wildman–Crippen LogP) is 4.92. The third kappa shape index (κ3) is 8.14. The zero-order chi connectivity index (χ0) is 22.1. The van der Waals surface area contributed by atoms with E-state index in [1.165, 1.54) is 38.5 Å². The lowest BCUT2D eigenvalue weighted by atomic mass is 9.85. The van der Waals surface area contributed by atoms with E-state index in [0.29, 0.717) is 12.8 Å². The number of carbonyl (C=O) groups excluding carboxylic acids is 1. The first-order valence-electron chi connectivity index (χ1n) is 12.3. The standard InChI is InChI=1S/C25H39ClO4S/c26-22-17-24(28)21(11-12-23(27)18-7-3-1-4-8-18)20(22)13-15-31-16-14-25(29)30-19-9-5-2-6-10-19/h18-24,27-28H,1-10,13-17H2/t20-,21-,22-,23-,24-/m1/s1. The second-order valence-corrected chi connectivity index (χ2v) is 11.3. The van der Waals surface area contributed by atoms with E-state index in [1.807, 2.05) is 0 Å². The summed E-state index contributed by atoms with van der Waals surface area (Å²) in [5.41, 5.74) is 0. The summed E-state index contributed by atoms with van der Waals surface area (Å²) in [6, 6.07) is 0. The minimum absolute atomic E-state index is 0.0775. The molecular formula is C25H39ClO4S. The molecule has 5 atom stereocenters. The molecule has 0 unspecified atom stereocenters. The number of aliphatic hydroxyl groups is 2. The molecule has 0 radical (unpaired) electrons. The molecule has 3 rings (SSSR count). The van der Waals surface area contributed by atoms with Crippen LogP contribution in [0.5, 0.6) is 0 Å². The molecule has 3 saturated carbocycles. The molecule has 0 spiro atoms. The summed E-state index contributed by atoms with van der Waals surface area (Å²) >= 11 is 8.27. The molecule has 3 fully saturated rings. The summed E-state index contributed by atoms with van der Waals surface area (Å²) in [6.45, 7) is 0. The van der Waals surface area contributed by atoms with Crippen molar-refractivity contribution in [1.82, 2.24) is 0 Å². The molecule has 0 heterocycles. The number of carbonyl (C=O) groups is 1. The highest BCUT2D eigenvalue weighted by Crippen LogP contribution is 2.39. The van der Waals surface area contributed by atoms with Crippen LogP contribution in [0.25, 0.3) is 0 Å². The van der Waals surface area contributed by atoms with Crippen molar-refractivity contribution in [3.8, 4) is 11.8 Å². The highest BCUT2D eigenvalue weighted by Gasteiger charge is 2.40. The zero-order valence-corrected chi connectivity index (χ0v) is 20.2. The largest absolute Gasteiger partial charge is 0.462 e. The number of hydrogen-bond acceptors (Lipinski definition) is 5. The molecule has 6 heteroatoms. The summed E-state index contributed by atoms with van der Waals surface area (Å²) < 4.78 is 5.58. The van der Waals surface area contributed by atoms with Gasteiger partial charge in [0.05, 0.1) is 18.4 Å². The van der Waals surface area contributed by atoms with Gasteiger partial charge >= 0.3 is 5.97 Å². The third-order valence-corrected chi connectivity index (χ3v) is 8.72. The van der Waals surface area contributed by atoms with Crippen LogP contribution in [0.1, 0.15) is 83.5 Å². The lowest BCUT2D eigenvalue weighted by Crippen LogP contribution is -2.23. The van der Waals surface area contributed by atoms with E-state index < -0.39 is 12.2 Å². The van der Waals surface area contributed by atoms with Gasteiger partial charge in [0.25, 0.3) is 0 Å². The van der Waals surface area contributed by atoms with Crippen LogP contribution in [0.15, 0.2) is 0 Å². The van der Waals surface area contributed by atoms with E-state index in [9.17, 15) is 15.0 Å². The number of thioether (sulfide) groups is 1. The van der Waals surface area contributed by atoms with Gasteiger partial charge in [0.15, 0.2) is 0 Å². The maximum Gasteiger partial charge on any atom is 0.306 e. The Hall–Kier alpha value is -0.410. The van der Waals surface area contributed by atoms with Gasteiger partial charge in [0.1, 0.15) is 12.2 Å². The monoisotopic (exact) mass is 470 g/mol. The van der Waals surface area contributed by atoms with Crippen molar-refractivity contribution in [2.24, 2.45) is 17.8 Å². The summed E-state index contributed by atoms with van der Waals surface area (Å²) in [5.74, 6) is 8.04. The Labute approximate surface area is 197 Å². The Balaban J connectivity index is 1.37. The Bertz CT molecular complexity index is 606. The Morgan fingerprint density at radius 1 is 1.06 bits per heavy atom. The number of ether oxygens (including phenoxy) is 1. The average molecular weight is 471 g/mol. The van der Waals surface area contributed by atoms with Crippen LogP contribution in [0.3, 0.4) is 0 Å². The minimum Gasteiger partial charge on any atom is -0.462 e. The van der Waals surface area contributed by atoms with Gasteiger partial charge in [-0.05, 0) is 69.0 Å². The highest BCUT2D eigenvalue weighted by atomic mass is 35.5. The molecule has 0 aliphatic heterocycles. The van der Waals surface area contributed by atoms with Crippen molar-refractivity contribution in [2.45, 2.75) is 107 Å². The Morgan fingerprint density at radius 2 is 1.74 bits per heavy atom. The summed E-state index contributed by atoms with van der Waals surface area (Å²) in [5, 5.41) is 20.8. The van der Waals surface area contributed by atoms with Gasteiger partial charge in [-0.2, -0.15) is 11.8 Å². The first-order valence-corrected chi connectivity index (χ1v) is 13.9. The smallest absolute Gasteiger partial charge is 0.306 e. The van der Waals surface area contributed by atoms with Gasteiger partial charge < -0.3 is 14.9 Å². The van der Waals surface area contributed by atoms with E-state index in [-0.39, 0.29) is 35.2 Å². The molecule has 176 valence electrons. The molecule has 2 N–H and O–H groups in total. The Kier molecular flexibility index (Phi) is 10.8. The van der Waals surface area contributed by atoms with E-state index >= 15 is 0 Å². The first-order chi connectivity index (χ1) is 15.0. The lowest BCUT2D eigenvalue weighted by molar-refractivity contribution is -0.149. The molecular weight excluding hydrogens is 432 g/mol. The Morgan fingerprint density at radius 3 is 2.45 bits per heavy atom. The van der Waals surface area contributed by atoms with Crippen LogP contribution in [-0.2, 0) is 9.53 Å². The van der Waals surface area contributed by atoms with Crippen LogP contribution < -0.4 is 0 Å². The van der Waals surface area contributed by atoms with Crippen molar-refractivity contribution in [3.05, 3.63) is 0 Å². The molecule has 0 amide bonds. The van der Waals surface area contributed by atoms with E-state index in [0.717, 1.165) is 43.6 Å². The van der Waals surface area contributed by atoms with Crippen LogP contribution in [-0.4, -0.2) is 51.4 Å². The van der Waals surface area contributed by atoms with Crippen molar-refractivity contribution < 1.29 is 19.7 Å². The van der Waals surface area contributed by atoms with Crippen molar-refractivity contribution >= 4 is 29.3 Å². The minimum atomic E-state index is -0.591. The maximum atomic E-state index is 12.0. The van der Waals surface area contributed by atoms with E-state index in [4.69, 9.17) is 16.3 Å². The van der Waals surface area contributed by atoms with Crippen LogP contribution >= 0.6 is 23.4 Å². The van der Waals surface area contributed by atoms with Crippen LogP contribution in [0.2, 0.25) is 0 Å². The molecule has 0 aromatic carbocycles. The van der Waals surface area contributed by atoms with E-state index in [2.05, 4.69) is 11.8 Å². The first kappa shape index (κ1) is 25.2. The number of esters is 1. The molecule has 3 aliphatic rings. The number of aliphatic hydroxyl groups excluding tert-OH is 2. The number of halogens is 1. The molecule has 0 saturated heterocycles. The SMILES string of the molecule is O=C(CCSCC[C@@H]1[C@@H](C#C[C@@H](O)C2CCCCC2)[C@H](O)C[C@H]1Cl)OC1CCCCC1. The number of alkyl halides is 1. The van der Waals surface area contributed by atoms with Crippen LogP contribution in [0.4, 0.5) is 0 Å². The number of hydrogen-bond donors (Lipinski definition) is 2. The quantitative estimate of drug-likeness (QED) is 0.228. The molecule has 0 bridgehead atoms. The topological polar surface area (TPSA) is 66.8 Å². The fraction of sp³-hybridized carbons (Fsp3) is 0.880. The zero-order valence-electron chi connectivity index (χ0n) is 18.6. The fourth-order valence-electron chi connectivity index (χ4n) is 5.28. The van der Waals surface area contributed by atoms with Crippen LogP contribution in [0, 0.1) is 29.6 Å². The highest BCUT2D eigenvalue weighted by molar-refractivity contribution is 7.99. The molecule has 0 aromatic rings. The van der Waals surface area contributed by atoms with Gasteiger partial charge in [-0.1, -0.05) is 37.5 Å². The molecule has 0 aromatic heterocycles. The number of rotatable bonds is 8. The lowest BCUT2D eigenvalue weighted by Gasteiger charge is -2.24. The average Bonchev–Trinajstić information content (AvgIpc) is 3.05. The van der Waals surface area contributed by atoms with Gasteiger partial charge in [-0.25, -0.2) is 0 Å². The second kappa shape index (κ2) is 13.3. The molecule has 3 aliphatic carbocycles. The fourth-order valence-corrected chi connectivity index (χ4v) is 6.70. The summed E-state index contributed by atoms with van der Waals surface area (Å²) in [4.78, 5) is 12.0. The second-order valence-electron chi connectivity index (χ2n) is 9.54. The van der Waals surface area contributed by atoms with Gasteiger partial charge in [-0.15, -0.1) is 11.6 Å². The summed E-state index contributed by atoms with van der Waals surface area (Å²) in [6.07, 6.45) is 12.2. The van der Waals surface area contributed by atoms with E-state index in [1.54, 1.807) is 11.8 Å². The third-order valence-electron chi connectivity index (χ3n) is 7.20. The molecule has 4 nitrogen and oxygen atoms in total. The van der Waals surface area contributed by atoms with Gasteiger partial charge in [0.2, 0.25) is 0 Å². The predicted molar refractivity (Wildman–Crippen MR) is 127 cm³/mol. The van der Waals surface area contributed by atoms with Crippen molar-refractivity contribution in [2.75, 3.05) is 11.5 Å². The normalized spacial score (nSPS) is 31.1.